The molecule has 3 aromatic carbocycles. The summed E-state index contributed by atoms with van der Waals surface area (Å²) in [5, 5.41) is 5.56. The second-order valence-corrected chi connectivity index (χ2v) is 10.4. The van der Waals surface area contributed by atoms with E-state index in [1.807, 2.05) is 0 Å². The summed E-state index contributed by atoms with van der Waals surface area (Å²) in [4.78, 5) is 0. The summed E-state index contributed by atoms with van der Waals surface area (Å²) in [6.45, 7) is 9.14. The van der Waals surface area contributed by atoms with Crippen molar-refractivity contribution in [3.63, 3.8) is 0 Å². The van der Waals surface area contributed by atoms with Gasteiger partial charge in [0.2, 0.25) is 0 Å². The number of benzene rings is 3. The Morgan fingerprint density at radius 3 is 1.17 bits per heavy atom. The Labute approximate surface area is 146 Å². The van der Waals surface area contributed by atoms with E-state index in [-0.39, 0.29) is 0 Å². The Balaban J connectivity index is 2.40. The molecule has 3 rings (SSSR count). The SMILES string of the molecule is C=C(C(C)C)[PH](c1ccccc1)(c1ccccc1)c1ccccc1. The minimum atomic E-state index is -2.28. The van der Waals surface area contributed by atoms with E-state index >= 15 is 0 Å². The van der Waals surface area contributed by atoms with Crippen molar-refractivity contribution in [2.45, 2.75) is 13.8 Å². The van der Waals surface area contributed by atoms with Gasteiger partial charge in [0, 0.05) is 0 Å². The van der Waals surface area contributed by atoms with E-state index in [1.54, 1.807) is 0 Å². The summed E-state index contributed by atoms with van der Waals surface area (Å²) < 4.78 is 0. The van der Waals surface area contributed by atoms with Gasteiger partial charge in [0.1, 0.15) is 0 Å². The van der Waals surface area contributed by atoms with Gasteiger partial charge in [-0.3, -0.25) is 0 Å². The third-order valence-electron chi connectivity index (χ3n) is 4.80. The third-order valence-corrected chi connectivity index (χ3v) is 9.94. The molecule has 0 aliphatic carbocycles. The number of hydrogen-bond donors (Lipinski definition) is 0. The molecule has 0 fully saturated rings. The van der Waals surface area contributed by atoms with Crippen LogP contribution in [0.1, 0.15) is 13.8 Å². The van der Waals surface area contributed by atoms with E-state index < -0.39 is 7.26 Å². The summed E-state index contributed by atoms with van der Waals surface area (Å²) in [6.07, 6.45) is 0. The third kappa shape index (κ3) is 2.83. The predicted octanol–water partition coefficient (Wildman–Crippen LogP) is 4.88. The second-order valence-electron chi connectivity index (χ2n) is 6.53. The van der Waals surface area contributed by atoms with E-state index in [4.69, 9.17) is 0 Å². The van der Waals surface area contributed by atoms with Gasteiger partial charge in [-0.25, -0.2) is 0 Å². The van der Waals surface area contributed by atoms with E-state index in [2.05, 4.69) is 111 Å². The molecule has 0 unspecified atom stereocenters. The average molecular weight is 332 g/mol. The molecular weight excluding hydrogens is 307 g/mol. The van der Waals surface area contributed by atoms with Crippen LogP contribution in [0.4, 0.5) is 0 Å². The molecule has 0 radical (unpaired) electrons. The molecule has 0 N–H and O–H groups in total. The van der Waals surface area contributed by atoms with E-state index in [0.717, 1.165) is 0 Å². The fourth-order valence-corrected chi connectivity index (χ4v) is 8.61. The van der Waals surface area contributed by atoms with Gasteiger partial charge in [0.25, 0.3) is 0 Å². The van der Waals surface area contributed by atoms with Crippen molar-refractivity contribution in [3.8, 4) is 0 Å². The monoisotopic (exact) mass is 332 g/mol. The Kier molecular flexibility index (Phi) is 4.97. The van der Waals surface area contributed by atoms with E-state index in [0.29, 0.717) is 5.92 Å². The molecule has 1 heteroatoms. The van der Waals surface area contributed by atoms with Crippen LogP contribution in [0.25, 0.3) is 0 Å². The Hall–Kier alpha value is -2.17. The van der Waals surface area contributed by atoms with Gasteiger partial charge in [-0.2, -0.15) is 0 Å². The molecule has 0 aromatic heterocycles. The van der Waals surface area contributed by atoms with Crippen LogP contribution in [0.3, 0.4) is 0 Å². The van der Waals surface area contributed by atoms with Crippen molar-refractivity contribution < 1.29 is 0 Å². The molecule has 0 amide bonds. The Morgan fingerprint density at radius 1 is 0.625 bits per heavy atom. The van der Waals surface area contributed by atoms with Crippen LogP contribution >= 0.6 is 7.26 Å². The van der Waals surface area contributed by atoms with Crippen LogP contribution in [-0.2, 0) is 0 Å². The second kappa shape index (κ2) is 7.16. The van der Waals surface area contributed by atoms with Crippen molar-refractivity contribution in [2.24, 2.45) is 5.92 Å². The van der Waals surface area contributed by atoms with Crippen molar-refractivity contribution in [3.05, 3.63) is 103 Å². The van der Waals surface area contributed by atoms with Gasteiger partial charge >= 0.3 is 146 Å². The Bertz CT molecular complexity index is 693. The molecule has 3 aromatic rings. The van der Waals surface area contributed by atoms with Crippen LogP contribution in [0.15, 0.2) is 103 Å². The van der Waals surface area contributed by atoms with Gasteiger partial charge in [-0.05, 0) is 0 Å². The molecule has 0 nitrogen and oxygen atoms in total. The zero-order chi connectivity index (χ0) is 17.0. The number of rotatable bonds is 5. The quantitative estimate of drug-likeness (QED) is 0.584. The van der Waals surface area contributed by atoms with E-state index in [9.17, 15) is 0 Å². The van der Waals surface area contributed by atoms with Crippen molar-refractivity contribution in [1.82, 2.24) is 0 Å². The zero-order valence-corrected chi connectivity index (χ0v) is 15.4. The zero-order valence-electron chi connectivity index (χ0n) is 14.4. The Morgan fingerprint density at radius 2 is 0.917 bits per heavy atom. The molecule has 122 valence electrons. The van der Waals surface area contributed by atoms with Crippen molar-refractivity contribution in [1.29, 1.82) is 0 Å². The van der Waals surface area contributed by atoms with Crippen LogP contribution in [-0.4, -0.2) is 0 Å². The van der Waals surface area contributed by atoms with Crippen LogP contribution in [0.5, 0.6) is 0 Å². The molecular formula is C23H25P. The van der Waals surface area contributed by atoms with Crippen LogP contribution < -0.4 is 15.9 Å². The maximum absolute atomic E-state index is 4.62. The average Bonchev–Trinajstić information content (AvgIpc) is 2.65. The van der Waals surface area contributed by atoms with Crippen LogP contribution in [0.2, 0.25) is 0 Å². The standard InChI is InChI=1S/C23H25P/c1-19(2)20(3)24(21-13-7-4-8-14-21,22-15-9-5-10-16-22)23-17-11-6-12-18-23/h4-19,24H,3H2,1-2H3. The summed E-state index contributed by atoms with van der Waals surface area (Å²) in [7, 11) is -2.28. The summed E-state index contributed by atoms with van der Waals surface area (Å²) in [5.74, 6) is 0.428. The molecule has 0 saturated heterocycles. The van der Waals surface area contributed by atoms with Gasteiger partial charge in [0.05, 0.1) is 0 Å². The molecule has 0 heterocycles. The van der Waals surface area contributed by atoms with Crippen molar-refractivity contribution in [2.75, 3.05) is 0 Å². The molecule has 0 aliphatic heterocycles. The molecule has 0 aliphatic rings. The van der Waals surface area contributed by atoms with E-state index in [1.165, 1.54) is 21.2 Å². The number of hydrogen-bond acceptors (Lipinski definition) is 0. The minimum absolute atomic E-state index is 0.428. The molecule has 0 bridgehead atoms. The summed E-state index contributed by atoms with van der Waals surface area (Å²) in [5.41, 5.74) is 0. The number of allylic oxidation sites excluding steroid dienone is 1. The fourth-order valence-electron chi connectivity index (χ4n) is 3.55. The first-order chi connectivity index (χ1) is 11.7. The molecule has 0 atom stereocenters. The van der Waals surface area contributed by atoms with Gasteiger partial charge in [0.15, 0.2) is 0 Å². The first kappa shape index (κ1) is 16.7. The molecule has 0 spiro atoms. The first-order valence-corrected chi connectivity index (χ1v) is 10.5. The van der Waals surface area contributed by atoms with Crippen molar-refractivity contribution >= 4 is 23.2 Å². The summed E-state index contributed by atoms with van der Waals surface area (Å²) >= 11 is 0. The predicted molar refractivity (Wildman–Crippen MR) is 111 cm³/mol. The summed E-state index contributed by atoms with van der Waals surface area (Å²) in [6, 6.07) is 32.8. The van der Waals surface area contributed by atoms with Gasteiger partial charge in [-0.1, -0.05) is 0 Å². The molecule has 0 saturated carbocycles. The normalized spacial score (nSPS) is 12.1. The van der Waals surface area contributed by atoms with Gasteiger partial charge in [-0.15, -0.1) is 0 Å². The first-order valence-electron chi connectivity index (χ1n) is 8.53. The molecule has 24 heavy (non-hydrogen) atoms. The van der Waals surface area contributed by atoms with Crippen LogP contribution in [0, 0.1) is 5.92 Å². The maximum atomic E-state index is 4.62. The topological polar surface area (TPSA) is 0 Å². The van der Waals surface area contributed by atoms with Gasteiger partial charge < -0.3 is 0 Å². The fraction of sp³-hybridized carbons (Fsp3) is 0.130.